The molecule has 150 valence electrons. The van der Waals surface area contributed by atoms with E-state index in [0.29, 0.717) is 6.41 Å². The lowest BCUT2D eigenvalue weighted by Crippen LogP contribution is -2.24. The molecule has 9 nitrogen and oxygen atoms in total. The van der Waals surface area contributed by atoms with Gasteiger partial charge in [-0.05, 0) is 39.5 Å². The molecule has 1 N–H and O–H groups in total. The molecular weight excluding hydrogens is 356 g/mol. The topological polar surface area (TPSA) is 150 Å². The summed E-state index contributed by atoms with van der Waals surface area (Å²) in [6, 6.07) is 6.73. The summed E-state index contributed by atoms with van der Waals surface area (Å²) in [7, 11) is 0. The van der Waals surface area contributed by atoms with Crippen molar-refractivity contribution < 1.29 is 4.79 Å². The molecule has 0 bridgehead atoms. The highest BCUT2D eigenvalue weighted by Crippen LogP contribution is 2.30. The Morgan fingerprint density at radius 2 is 1.36 bits per heavy atom. The molecule has 28 heavy (non-hydrogen) atoms. The molecule has 0 aromatic rings. The fourth-order valence-electron chi connectivity index (χ4n) is 3.17. The second kappa shape index (κ2) is 12.5. The zero-order valence-electron chi connectivity index (χ0n) is 16.6. The monoisotopic (exact) mass is 384 g/mol. The Morgan fingerprint density at radius 3 is 1.75 bits per heavy atom. The van der Waals surface area contributed by atoms with Gasteiger partial charge in [0.25, 0.3) is 0 Å². The minimum Gasteiger partial charge on any atom is -0.277 e. The lowest BCUT2D eigenvalue weighted by atomic mass is 9.85. The number of carbonyl (C=O) groups is 1. The van der Waals surface area contributed by atoms with Crippen LogP contribution in [0.25, 0.3) is 0 Å². The first-order valence-corrected chi connectivity index (χ1v) is 9.69. The summed E-state index contributed by atoms with van der Waals surface area (Å²) in [6.45, 7) is 3.17. The van der Waals surface area contributed by atoms with Gasteiger partial charge < -0.3 is 0 Å². The summed E-state index contributed by atoms with van der Waals surface area (Å²) >= 11 is 0. The number of nitriles is 3. The molecule has 1 amide bonds. The Balaban J connectivity index is 0.000000336. The van der Waals surface area contributed by atoms with Gasteiger partial charge in [0.2, 0.25) is 6.41 Å². The maximum absolute atomic E-state index is 9.63. The molecule has 2 aliphatic rings. The number of nitrogens with one attached hydrogen (secondary N) is 1. The number of nitrogens with zero attached hydrogens (tertiary/aromatic N) is 7. The Hall–Kier alpha value is -2.86. The van der Waals surface area contributed by atoms with E-state index in [-0.39, 0.29) is 23.9 Å². The van der Waals surface area contributed by atoms with Gasteiger partial charge in [0.15, 0.2) is 5.54 Å². The Labute approximate surface area is 166 Å². The van der Waals surface area contributed by atoms with Crippen molar-refractivity contribution in [2.45, 2.75) is 82.8 Å². The maximum atomic E-state index is 9.63. The molecule has 2 saturated carbocycles. The smallest absolute Gasteiger partial charge is 0.228 e. The molecule has 0 aliphatic heterocycles. The van der Waals surface area contributed by atoms with E-state index in [2.05, 4.69) is 32.7 Å². The number of hydrogen-bond donors (Lipinski definition) is 1. The fraction of sp³-hybridized carbons (Fsp3) is 0.789. The van der Waals surface area contributed by atoms with Crippen molar-refractivity contribution in [1.82, 2.24) is 5.43 Å². The third-order valence-electron chi connectivity index (χ3n) is 4.84. The van der Waals surface area contributed by atoms with Crippen LogP contribution in [0.5, 0.6) is 0 Å². The second-order valence-electron chi connectivity index (χ2n) is 7.52. The molecule has 0 saturated heterocycles. The van der Waals surface area contributed by atoms with Gasteiger partial charge in [-0.15, -0.1) is 5.11 Å². The summed E-state index contributed by atoms with van der Waals surface area (Å²) in [6.07, 6.45) is 8.80. The SMILES string of the molecule is CC(C)(C#N)N=NNC=O.N#CC1CCCCC1N=NC1CCCCC1C#N. The van der Waals surface area contributed by atoms with Crippen molar-refractivity contribution in [1.29, 1.82) is 15.8 Å². The fourth-order valence-corrected chi connectivity index (χ4v) is 3.17. The number of carbonyl (C=O) groups excluding carboxylic acids is 1. The van der Waals surface area contributed by atoms with Crippen LogP contribution < -0.4 is 5.43 Å². The van der Waals surface area contributed by atoms with Crippen LogP contribution in [-0.2, 0) is 4.79 Å². The highest BCUT2D eigenvalue weighted by atomic mass is 16.1. The molecule has 4 atom stereocenters. The molecule has 0 heterocycles. The van der Waals surface area contributed by atoms with Gasteiger partial charge in [0, 0.05) is 0 Å². The van der Waals surface area contributed by atoms with Crippen molar-refractivity contribution in [3.05, 3.63) is 0 Å². The Kier molecular flexibility index (Phi) is 10.4. The molecule has 0 spiro atoms. The highest BCUT2D eigenvalue weighted by molar-refractivity contribution is 5.44. The summed E-state index contributed by atoms with van der Waals surface area (Å²) in [5, 5.41) is 42.1. The summed E-state index contributed by atoms with van der Waals surface area (Å²) in [5.74, 6) is 0.0678. The average molecular weight is 384 g/mol. The van der Waals surface area contributed by atoms with Crippen LogP contribution in [0, 0.1) is 45.8 Å². The van der Waals surface area contributed by atoms with Crippen LogP contribution in [0.1, 0.15) is 65.2 Å². The van der Waals surface area contributed by atoms with E-state index >= 15 is 0 Å². The summed E-state index contributed by atoms with van der Waals surface area (Å²) in [4.78, 5) is 9.63. The standard InChI is InChI=1S/C14H20N4.C5H8N4O/c15-9-11-5-1-3-7-13(11)17-18-14-8-4-2-6-12(14)10-16;1-5(2,3-6)8-9-7-4-10/h11-14H,1-8H2;4H,1-2H3,(H,7,8,10). The van der Waals surface area contributed by atoms with E-state index in [4.69, 9.17) is 15.8 Å². The summed E-state index contributed by atoms with van der Waals surface area (Å²) in [5.41, 5.74) is 1.10. The van der Waals surface area contributed by atoms with Gasteiger partial charge in [0.05, 0.1) is 42.1 Å². The van der Waals surface area contributed by atoms with Crippen LogP contribution in [-0.4, -0.2) is 24.0 Å². The molecule has 9 heteroatoms. The number of hydrogen-bond acceptors (Lipinski definition) is 8. The van der Waals surface area contributed by atoms with E-state index in [1.807, 2.05) is 11.5 Å². The van der Waals surface area contributed by atoms with Crippen molar-refractivity contribution in [3.8, 4) is 18.2 Å². The van der Waals surface area contributed by atoms with Crippen molar-refractivity contribution >= 4 is 6.41 Å². The number of azo groups is 1. The van der Waals surface area contributed by atoms with E-state index in [9.17, 15) is 4.79 Å². The van der Waals surface area contributed by atoms with Crippen LogP contribution >= 0.6 is 0 Å². The highest BCUT2D eigenvalue weighted by Gasteiger charge is 2.27. The van der Waals surface area contributed by atoms with Gasteiger partial charge >= 0.3 is 0 Å². The van der Waals surface area contributed by atoms with Crippen molar-refractivity contribution in [2.24, 2.45) is 32.4 Å². The molecule has 4 unspecified atom stereocenters. The van der Waals surface area contributed by atoms with Crippen LogP contribution in [0.15, 0.2) is 20.6 Å². The Morgan fingerprint density at radius 1 is 0.893 bits per heavy atom. The van der Waals surface area contributed by atoms with Gasteiger partial charge in [-0.2, -0.15) is 26.0 Å². The predicted octanol–water partition coefficient (Wildman–Crippen LogP) is 4.01. The molecule has 0 aromatic carbocycles. The van der Waals surface area contributed by atoms with Gasteiger partial charge in [-0.25, -0.2) is 5.43 Å². The second-order valence-corrected chi connectivity index (χ2v) is 7.52. The Bertz CT molecular complexity index is 631. The van der Waals surface area contributed by atoms with E-state index in [1.54, 1.807) is 13.8 Å². The molecule has 2 aliphatic carbocycles. The van der Waals surface area contributed by atoms with Crippen molar-refractivity contribution in [2.75, 3.05) is 0 Å². The number of amides is 1. The number of rotatable bonds is 5. The normalized spacial score (nSPS) is 27.7. The first-order valence-electron chi connectivity index (χ1n) is 9.69. The van der Waals surface area contributed by atoms with Crippen LogP contribution in [0.2, 0.25) is 0 Å². The van der Waals surface area contributed by atoms with E-state index < -0.39 is 5.54 Å². The zero-order chi connectivity index (χ0) is 20.8. The minimum absolute atomic E-state index is 0.0339. The van der Waals surface area contributed by atoms with Gasteiger partial charge in [-0.1, -0.05) is 30.9 Å². The van der Waals surface area contributed by atoms with Gasteiger partial charge in [0.1, 0.15) is 0 Å². The largest absolute Gasteiger partial charge is 0.277 e. The third-order valence-corrected chi connectivity index (χ3v) is 4.84. The van der Waals surface area contributed by atoms with Gasteiger partial charge in [-0.3, -0.25) is 4.79 Å². The summed E-state index contributed by atoms with van der Waals surface area (Å²) < 4.78 is 0. The quantitative estimate of drug-likeness (QED) is 0.432. The lowest BCUT2D eigenvalue weighted by Gasteiger charge is -2.25. The van der Waals surface area contributed by atoms with E-state index in [0.717, 1.165) is 51.4 Å². The maximum Gasteiger partial charge on any atom is 0.228 e. The molecule has 2 fully saturated rings. The predicted molar refractivity (Wildman–Crippen MR) is 101 cm³/mol. The molecular formula is C19H28N8O. The minimum atomic E-state index is -0.865. The first kappa shape index (κ1) is 23.2. The zero-order valence-corrected chi connectivity index (χ0v) is 16.6. The van der Waals surface area contributed by atoms with Crippen LogP contribution in [0.4, 0.5) is 0 Å². The van der Waals surface area contributed by atoms with Crippen LogP contribution in [0.3, 0.4) is 0 Å². The first-order chi connectivity index (χ1) is 13.5. The molecule has 0 aromatic heterocycles. The van der Waals surface area contributed by atoms with E-state index in [1.165, 1.54) is 0 Å². The average Bonchev–Trinajstić information content (AvgIpc) is 2.73. The van der Waals surface area contributed by atoms with Crippen molar-refractivity contribution in [3.63, 3.8) is 0 Å². The lowest BCUT2D eigenvalue weighted by molar-refractivity contribution is -0.109. The third kappa shape index (κ3) is 8.22. The molecule has 2 rings (SSSR count). The molecule has 0 radical (unpaired) electrons.